The van der Waals surface area contributed by atoms with Gasteiger partial charge >= 0.3 is 0 Å². The molecule has 3 aromatic rings. The first-order chi connectivity index (χ1) is 15.9. The zero-order valence-electron chi connectivity index (χ0n) is 19.6. The van der Waals surface area contributed by atoms with Crippen molar-refractivity contribution in [3.63, 3.8) is 0 Å². The Hall–Kier alpha value is -3.41. The Balaban J connectivity index is 1.29. The molecule has 1 aliphatic rings. The molecule has 0 bridgehead atoms. The minimum absolute atomic E-state index is 0.00447. The fourth-order valence-corrected chi connectivity index (χ4v) is 4.36. The van der Waals surface area contributed by atoms with Gasteiger partial charge in [-0.1, -0.05) is 34.9 Å². The second-order valence-corrected chi connectivity index (χ2v) is 9.02. The van der Waals surface area contributed by atoms with Crippen molar-refractivity contribution in [2.45, 2.75) is 40.0 Å². The van der Waals surface area contributed by atoms with Crippen LogP contribution < -0.4 is 5.32 Å². The lowest BCUT2D eigenvalue weighted by Gasteiger charge is -2.32. The molecule has 0 aliphatic carbocycles. The summed E-state index contributed by atoms with van der Waals surface area (Å²) in [5.74, 6) is 0.402. The molecular weight excluding hydrogens is 414 g/mol. The number of likely N-dealkylation sites (tertiary alicyclic amines) is 1. The number of aryl methyl sites for hydroxylation is 3. The van der Waals surface area contributed by atoms with Crippen LogP contribution in [0.5, 0.6) is 0 Å². The van der Waals surface area contributed by atoms with E-state index in [1.54, 1.807) is 6.26 Å². The summed E-state index contributed by atoms with van der Waals surface area (Å²) >= 11 is 0. The third-order valence-corrected chi connectivity index (χ3v) is 6.08. The molecule has 1 fully saturated rings. The molecule has 1 aliphatic heterocycles. The van der Waals surface area contributed by atoms with E-state index in [1.165, 1.54) is 5.56 Å². The number of hydrogen-bond acceptors (Lipinski definition) is 4. The first kappa shape index (κ1) is 22.8. The maximum absolute atomic E-state index is 13.0. The molecule has 4 rings (SSSR count). The molecule has 1 saturated heterocycles. The van der Waals surface area contributed by atoms with E-state index in [1.807, 2.05) is 62.1 Å². The summed E-state index contributed by atoms with van der Waals surface area (Å²) in [5.41, 5.74) is 5.77. The summed E-state index contributed by atoms with van der Waals surface area (Å²) in [4.78, 5) is 32.1. The highest BCUT2D eigenvalue weighted by Gasteiger charge is 2.29. The molecule has 2 aromatic carbocycles. The molecule has 1 unspecified atom stereocenters. The van der Waals surface area contributed by atoms with Crippen LogP contribution in [0.15, 0.2) is 53.1 Å². The molecule has 0 radical (unpaired) electrons. The van der Waals surface area contributed by atoms with E-state index in [-0.39, 0.29) is 17.7 Å². The van der Waals surface area contributed by atoms with Gasteiger partial charge in [-0.3, -0.25) is 9.59 Å². The van der Waals surface area contributed by atoms with Gasteiger partial charge in [-0.15, -0.1) is 0 Å². The lowest BCUT2D eigenvalue weighted by molar-refractivity contribution is -0.126. The second-order valence-electron chi connectivity index (χ2n) is 9.02. The average molecular weight is 446 g/mol. The number of nitrogens with one attached hydrogen (secondary N) is 1. The Morgan fingerprint density at radius 2 is 1.79 bits per heavy atom. The normalized spacial score (nSPS) is 16.0. The number of oxazole rings is 1. The first-order valence-electron chi connectivity index (χ1n) is 11.6. The minimum Gasteiger partial charge on any atom is -0.444 e. The van der Waals surface area contributed by atoms with E-state index in [9.17, 15) is 9.59 Å². The first-order valence-corrected chi connectivity index (χ1v) is 11.6. The number of carbonyl (C=O) groups is 2. The van der Waals surface area contributed by atoms with Crippen LogP contribution in [0.1, 0.15) is 45.6 Å². The van der Waals surface area contributed by atoms with Crippen molar-refractivity contribution in [1.82, 2.24) is 15.2 Å². The van der Waals surface area contributed by atoms with Gasteiger partial charge in [-0.25, -0.2) is 4.98 Å². The maximum Gasteiger partial charge on any atom is 0.253 e. The predicted octanol–water partition coefficient (Wildman–Crippen LogP) is 4.48. The monoisotopic (exact) mass is 445 g/mol. The Morgan fingerprint density at radius 1 is 1.06 bits per heavy atom. The topological polar surface area (TPSA) is 75.4 Å². The molecule has 1 aromatic heterocycles. The Kier molecular flexibility index (Phi) is 6.92. The zero-order chi connectivity index (χ0) is 23.4. The quantitative estimate of drug-likeness (QED) is 0.607. The third kappa shape index (κ3) is 5.69. The van der Waals surface area contributed by atoms with Crippen molar-refractivity contribution in [2.24, 2.45) is 5.92 Å². The molecular formula is C27H31N3O3. The maximum atomic E-state index is 13.0. The number of benzene rings is 2. The number of rotatable bonds is 6. The fourth-order valence-electron chi connectivity index (χ4n) is 4.36. The zero-order valence-corrected chi connectivity index (χ0v) is 19.6. The lowest BCUT2D eigenvalue weighted by atomic mass is 9.96. The van der Waals surface area contributed by atoms with Crippen molar-refractivity contribution in [3.8, 4) is 11.5 Å². The summed E-state index contributed by atoms with van der Waals surface area (Å²) in [7, 11) is 0. The molecule has 1 N–H and O–H groups in total. The number of hydrogen-bond donors (Lipinski definition) is 1. The van der Waals surface area contributed by atoms with Crippen LogP contribution >= 0.6 is 0 Å². The van der Waals surface area contributed by atoms with E-state index in [2.05, 4.69) is 16.4 Å². The van der Waals surface area contributed by atoms with Crippen molar-refractivity contribution < 1.29 is 14.0 Å². The molecule has 1 atom stereocenters. The molecule has 0 spiro atoms. The Bertz CT molecular complexity index is 1110. The Labute approximate surface area is 195 Å². The largest absolute Gasteiger partial charge is 0.444 e. The van der Waals surface area contributed by atoms with Crippen LogP contribution in [0.4, 0.5) is 0 Å². The van der Waals surface area contributed by atoms with Gasteiger partial charge in [0, 0.05) is 37.2 Å². The van der Waals surface area contributed by atoms with E-state index < -0.39 is 0 Å². The fraction of sp³-hybridized carbons (Fsp3) is 0.370. The smallest absolute Gasteiger partial charge is 0.253 e. The molecule has 2 heterocycles. The second kappa shape index (κ2) is 10.0. The van der Waals surface area contributed by atoms with Crippen molar-refractivity contribution in [1.29, 1.82) is 0 Å². The van der Waals surface area contributed by atoms with Gasteiger partial charge in [0.05, 0.1) is 11.6 Å². The summed E-state index contributed by atoms with van der Waals surface area (Å²) in [6.07, 6.45) is 3.87. The summed E-state index contributed by atoms with van der Waals surface area (Å²) in [6.45, 7) is 7.66. The van der Waals surface area contributed by atoms with Crippen molar-refractivity contribution in [3.05, 3.63) is 76.7 Å². The van der Waals surface area contributed by atoms with E-state index in [0.717, 1.165) is 35.2 Å². The summed E-state index contributed by atoms with van der Waals surface area (Å²) < 4.78 is 5.60. The highest BCUT2D eigenvalue weighted by Crippen LogP contribution is 2.21. The number of amides is 2. The number of piperidine rings is 1. The molecule has 172 valence electrons. The molecule has 33 heavy (non-hydrogen) atoms. The lowest BCUT2D eigenvalue weighted by Crippen LogP contribution is -2.45. The van der Waals surface area contributed by atoms with Gasteiger partial charge in [0.1, 0.15) is 6.26 Å². The number of aromatic nitrogens is 1. The van der Waals surface area contributed by atoms with Crippen molar-refractivity contribution in [2.75, 3.05) is 19.6 Å². The van der Waals surface area contributed by atoms with Gasteiger partial charge in [0.2, 0.25) is 11.8 Å². The van der Waals surface area contributed by atoms with Crippen LogP contribution in [0.3, 0.4) is 0 Å². The minimum atomic E-state index is -0.186. The molecule has 0 saturated carbocycles. The molecule has 6 heteroatoms. The van der Waals surface area contributed by atoms with E-state index in [4.69, 9.17) is 4.42 Å². The van der Waals surface area contributed by atoms with Crippen molar-refractivity contribution >= 4 is 11.8 Å². The standard InChI is InChI=1S/C27H31N3O3/c1-18-6-8-21(9-7-18)26-29-24(17-33-26)10-11-28-25(31)22-5-4-12-30(16-22)27(32)23-14-19(2)13-20(3)15-23/h6-9,13-15,17,22H,4-5,10-12,16H2,1-3H3,(H,28,31). The van der Waals surface area contributed by atoms with Crippen LogP contribution in [0.2, 0.25) is 0 Å². The van der Waals surface area contributed by atoms with Crippen LogP contribution in [0.25, 0.3) is 11.5 Å². The average Bonchev–Trinajstić information content (AvgIpc) is 3.27. The van der Waals surface area contributed by atoms with Crippen LogP contribution in [0, 0.1) is 26.7 Å². The highest BCUT2D eigenvalue weighted by atomic mass is 16.3. The Morgan fingerprint density at radius 3 is 2.52 bits per heavy atom. The van der Waals surface area contributed by atoms with Crippen LogP contribution in [-0.2, 0) is 11.2 Å². The SMILES string of the molecule is Cc1ccc(-c2nc(CCNC(=O)C3CCCN(C(=O)c4cc(C)cc(C)c4)C3)co2)cc1. The number of nitrogens with zero attached hydrogens (tertiary/aromatic N) is 2. The third-order valence-electron chi connectivity index (χ3n) is 6.08. The van der Waals surface area contributed by atoms with Gasteiger partial charge in [0.25, 0.3) is 5.91 Å². The van der Waals surface area contributed by atoms with Crippen LogP contribution in [-0.4, -0.2) is 41.3 Å². The highest BCUT2D eigenvalue weighted by molar-refractivity contribution is 5.95. The van der Waals surface area contributed by atoms with Gasteiger partial charge in [0.15, 0.2) is 0 Å². The van der Waals surface area contributed by atoms with E-state index in [0.29, 0.717) is 37.5 Å². The summed E-state index contributed by atoms with van der Waals surface area (Å²) in [6, 6.07) is 13.9. The predicted molar refractivity (Wildman–Crippen MR) is 128 cm³/mol. The molecule has 2 amide bonds. The van der Waals surface area contributed by atoms with Gasteiger partial charge < -0.3 is 14.6 Å². The molecule has 6 nitrogen and oxygen atoms in total. The van der Waals surface area contributed by atoms with Gasteiger partial charge in [-0.2, -0.15) is 0 Å². The van der Waals surface area contributed by atoms with E-state index >= 15 is 0 Å². The van der Waals surface area contributed by atoms with Gasteiger partial charge in [-0.05, 0) is 57.9 Å². The summed E-state index contributed by atoms with van der Waals surface area (Å²) in [5, 5.41) is 3.02. The number of carbonyl (C=O) groups excluding carboxylic acids is 2.